The first kappa shape index (κ1) is 13.7. The highest BCUT2D eigenvalue weighted by molar-refractivity contribution is 7.89. The minimum absolute atomic E-state index is 0.0841. The fourth-order valence-corrected chi connectivity index (χ4v) is 3.88. The number of rotatable bonds is 3. The molecule has 7 heteroatoms. The van der Waals surface area contributed by atoms with Crippen LogP contribution in [0.1, 0.15) is 19.8 Å². The summed E-state index contributed by atoms with van der Waals surface area (Å²) in [4.78, 5) is 0.208. The minimum atomic E-state index is -3.54. The van der Waals surface area contributed by atoms with Gasteiger partial charge >= 0.3 is 0 Å². The van der Waals surface area contributed by atoms with Crippen LogP contribution in [0.3, 0.4) is 0 Å². The number of ether oxygens (including phenoxy) is 2. The third kappa shape index (κ3) is 2.61. The van der Waals surface area contributed by atoms with Crippen molar-refractivity contribution in [3.63, 3.8) is 0 Å². The summed E-state index contributed by atoms with van der Waals surface area (Å²) in [5.41, 5.74) is 0. The normalized spacial score (nSPS) is 25.6. The van der Waals surface area contributed by atoms with Crippen molar-refractivity contribution in [3.8, 4) is 11.5 Å². The lowest BCUT2D eigenvalue weighted by Gasteiger charge is -2.30. The van der Waals surface area contributed by atoms with Gasteiger partial charge in [-0.15, -0.1) is 0 Å². The molecule has 3 rings (SSSR count). The van der Waals surface area contributed by atoms with Crippen molar-refractivity contribution in [1.82, 2.24) is 10.0 Å². The van der Waals surface area contributed by atoms with Gasteiger partial charge in [0, 0.05) is 18.2 Å². The Labute approximate surface area is 118 Å². The zero-order valence-electron chi connectivity index (χ0n) is 11.3. The second kappa shape index (κ2) is 5.23. The van der Waals surface area contributed by atoms with Crippen LogP contribution < -0.4 is 19.5 Å². The second-order valence-electron chi connectivity index (χ2n) is 5.13. The first-order valence-corrected chi connectivity index (χ1v) is 8.20. The third-order valence-corrected chi connectivity index (χ3v) is 5.21. The minimum Gasteiger partial charge on any atom is -0.454 e. The Kier molecular flexibility index (Phi) is 3.57. The molecule has 110 valence electrons. The van der Waals surface area contributed by atoms with Gasteiger partial charge in [0.05, 0.1) is 4.90 Å². The van der Waals surface area contributed by atoms with E-state index in [0.29, 0.717) is 11.5 Å². The van der Waals surface area contributed by atoms with E-state index in [4.69, 9.17) is 9.47 Å². The van der Waals surface area contributed by atoms with Gasteiger partial charge in [-0.3, -0.25) is 0 Å². The topological polar surface area (TPSA) is 76.7 Å². The van der Waals surface area contributed by atoms with Crippen LogP contribution in [0.25, 0.3) is 0 Å². The van der Waals surface area contributed by atoms with Gasteiger partial charge in [0.1, 0.15) is 0 Å². The molecule has 20 heavy (non-hydrogen) atoms. The standard InChI is InChI=1S/C13H18N2O4S/c1-9-11(3-2-6-14-9)15-20(16,17)10-4-5-12-13(7-10)19-8-18-12/h4-5,7,9,11,14-15H,2-3,6,8H2,1H3. The number of hydrogen-bond acceptors (Lipinski definition) is 5. The molecule has 0 spiro atoms. The fourth-order valence-electron chi connectivity index (χ4n) is 2.52. The fraction of sp³-hybridized carbons (Fsp3) is 0.538. The molecule has 1 aromatic rings. The lowest BCUT2D eigenvalue weighted by molar-refractivity contribution is 0.174. The predicted molar refractivity (Wildman–Crippen MR) is 73.4 cm³/mol. The van der Waals surface area contributed by atoms with Crippen LogP contribution in [0.5, 0.6) is 11.5 Å². The molecular formula is C13H18N2O4S. The van der Waals surface area contributed by atoms with Gasteiger partial charge < -0.3 is 14.8 Å². The van der Waals surface area contributed by atoms with Crippen molar-refractivity contribution in [2.75, 3.05) is 13.3 Å². The molecule has 2 unspecified atom stereocenters. The summed E-state index contributed by atoms with van der Waals surface area (Å²) < 4.78 is 38.0. The van der Waals surface area contributed by atoms with Gasteiger partial charge in [0.2, 0.25) is 16.8 Å². The molecule has 2 aliphatic rings. The lowest BCUT2D eigenvalue weighted by atomic mass is 10.0. The molecule has 1 saturated heterocycles. The summed E-state index contributed by atoms with van der Waals surface area (Å²) in [6, 6.07) is 4.72. The molecule has 6 nitrogen and oxygen atoms in total. The summed E-state index contributed by atoms with van der Waals surface area (Å²) in [5, 5.41) is 3.28. The van der Waals surface area contributed by atoms with Crippen LogP contribution in [0.15, 0.2) is 23.1 Å². The Balaban J connectivity index is 1.81. The van der Waals surface area contributed by atoms with E-state index in [2.05, 4.69) is 10.0 Å². The molecular weight excluding hydrogens is 280 g/mol. The van der Waals surface area contributed by atoms with Crippen LogP contribution in [0.2, 0.25) is 0 Å². The van der Waals surface area contributed by atoms with Gasteiger partial charge in [-0.1, -0.05) is 0 Å². The molecule has 2 N–H and O–H groups in total. The second-order valence-corrected chi connectivity index (χ2v) is 6.84. The van der Waals surface area contributed by atoms with E-state index < -0.39 is 10.0 Å². The van der Waals surface area contributed by atoms with E-state index >= 15 is 0 Å². The highest BCUT2D eigenvalue weighted by Gasteiger charge is 2.27. The van der Waals surface area contributed by atoms with Crippen molar-refractivity contribution in [3.05, 3.63) is 18.2 Å². The number of sulfonamides is 1. The monoisotopic (exact) mass is 298 g/mol. The maximum Gasteiger partial charge on any atom is 0.241 e. The van der Waals surface area contributed by atoms with Crippen LogP contribution in [0, 0.1) is 0 Å². The molecule has 0 amide bonds. The maximum absolute atomic E-state index is 12.4. The molecule has 2 atom stereocenters. The molecule has 0 bridgehead atoms. The first-order valence-electron chi connectivity index (χ1n) is 6.72. The highest BCUT2D eigenvalue weighted by atomic mass is 32.2. The predicted octanol–water partition coefficient (Wildman–Crippen LogP) is 0.834. The zero-order valence-corrected chi connectivity index (χ0v) is 12.1. The van der Waals surface area contributed by atoms with E-state index in [-0.39, 0.29) is 23.8 Å². The quantitative estimate of drug-likeness (QED) is 0.864. The van der Waals surface area contributed by atoms with Crippen LogP contribution in [0.4, 0.5) is 0 Å². The van der Waals surface area contributed by atoms with E-state index in [1.807, 2.05) is 6.92 Å². The van der Waals surface area contributed by atoms with Crippen molar-refractivity contribution in [1.29, 1.82) is 0 Å². The SMILES string of the molecule is CC1NCCCC1NS(=O)(=O)c1ccc2c(c1)OCO2. The van der Waals surface area contributed by atoms with Crippen molar-refractivity contribution >= 4 is 10.0 Å². The Morgan fingerprint density at radius 3 is 2.90 bits per heavy atom. The Hall–Kier alpha value is -1.31. The van der Waals surface area contributed by atoms with E-state index in [9.17, 15) is 8.42 Å². The van der Waals surface area contributed by atoms with Gasteiger partial charge in [-0.05, 0) is 38.4 Å². The number of piperidine rings is 1. The summed E-state index contributed by atoms with van der Waals surface area (Å²) in [6.45, 7) is 3.06. The Bertz CT molecular complexity index is 602. The Morgan fingerprint density at radius 1 is 1.30 bits per heavy atom. The smallest absolute Gasteiger partial charge is 0.241 e. The summed E-state index contributed by atoms with van der Waals surface area (Å²) >= 11 is 0. The van der Waals surface area contributed by atoms with Gasteiger partial charge in [-0.25, -0.2) is 13.1 Å². The average molecular weight is 298 g/mol. The molecule has 0 aliphatic carbocycles. The summed E-state index contributed by atoms with van der Waals surface area (Å²) in [7, 11) is -3.54. The summed E-state index contributed by atoms with van der Waals surface area (Å²) in [6.07, 6.45) is 1.82. The first-order chi connectivity index (χ1) is 9.56. The van der Waals surface area contributed by atoms with Crippen molar-refractivity contribution in [2.45, 2.75) is 36.7 Å². The molecule has 0 aromatic heterocycles. The van der Waals surface area contributed by atoms with Crippen molar-refractivity contribution in [2.24, 2.45) is 0 Å². The molecule has 2 heterocycles. The largest absolute Gasteiger partial charge is 0.454 e. The van der Waals surface area contributed by atoms with Crippen LogP contribution >= 0.6 is 0 Å². The van der Waals surface area contributed by atoms with Gasteiger partial charge in [-0.2, -0.15) is 0 Å². The van der Waals surface area contributed by atoms with Crippen LogP contribution in [-0.4, -0.2) is 33.8 Å². The molecule has 2 aliphatic heterocycles. The zero-order chi connectivity index (χ0) is 14.2. The van der Waals surface area contributed by atoms with E-state index in [1.54, 1.807) is 6.07 Å². The summed E-state index contributed by atoms with van der Waals surface area (Å²) in [5.74, 6) is 1.05. The average Bonchev–Trinajstić information content (AvgIpc) is 2.88. The molecule has 0 saturated carbocycles. The van der Waals surface area contributed by atoms with E-state index in [1.165, 1.54) is 12.1 Å². The van der Waals surface area contributed by atoms with Crippen LogP contribution in [-0.2, 0) is 10.0 Å². The third-order valence-electron chi connectivity index (χ3n) is 3.72. The number of nitrogens with one attached hydrogen (secondary N) is 2. The molecule has 1 aromatic carbocycles. The van der Waals surface area contributed by atoms with E-state index in [0.717, 1.165) is 19.4 Å². The highest BCUT2D eigenvalue weighted by Crippen LogP contribution is 2.33. The number of fused-ring (bicyclic) bond motifs is 1. The Morgan fingerprint density at radius 2 is 2.10 bits per heavy atom. The van der Waals surface area contributed by atoms with Gasteiger partial charge in [0.15, 0.2) is 11.5 Å². The lowest BCUT2D eigenvalue weighted by Crippen LogP contribution is -2.51. The maximum atomic E-state index is 12.4. The number of benzene rings is 1. The number of hydrogen-bond donors (Lipinski definition) is 2. The van der Waals surface area contributed by atoms with Gasteiger partial charge in [0.25, 0.3) is 0 Å². The molecule has 1 fully saturated rings. The van der Waals surface area contributed by atoms with Crippen molar-refractivity contribution < 1.29 is 17.9 Å². The molecule has 0 radical (unpaired) electrons.